The van der Waals surface area contributed by atoms with Gasteiger partial charge < -0.3 is 9.31 Å². The highest BCUT2D eigenvalue weighted by Gasteiger charge is 2.32. The molecular formula is C17H33BO2. The Kier molecular flexibility index (Phi) is 9.29. The average Bonchev–Trinajstić information content (AvgIpc) is 2.71. The fourth-order valence-corrected chi connectivity index (χ4v) is 2.61. The van der Waals surface area contributed by atoms with Gasteiger partial charge in [-0.25, -0.2) is 0 Å². The fourth-order valence-electron chi connectivity index (χ4n) is 2.61. The van der Waals surface area contributed by atoms with E-state index in [9.17, 15) is 0 Å². The predicted octanol–water partition coefficient (Wildman–Crippen LogP) is 5.31. The first kappa shape index (κ1) is 17.8. The lowest BCUT2D eigenvalue weighted by atomic mass is 9.86. The predicted molar refractivity (Wildman–Crippen MR) is 87.8 cm³/mol. The van der Waals surface area contributed by atoms with Gasteiger partial charge in [-0.15, -0.1) is 0 Å². The molecule has 0 aromatic heterocycles. The summed E-state index contributed by atoms with van der Waals surface area (Å²) in [5.41, 5.74) is 1.40. The first-order valence-corrected chi connectivity index (χ1v) is 8.61. The molecule has 116 valence electrons. The Bertz CT molecular complexity index is 268. The summed E-state index contributed by atoms with van der Waals surface area (Å²) >= 11 is 0. The van der Waals surface area contributed by atoms with Crippen LogP contribution < -0.4 is 0 Å². The molecule has 1 aliphatic rings. The Morgan fingerprint density at radius 2 is 1.40 bits per heavy atom. The second-order valence-corrected chi connectivity index (χ2v) is 6.29. The number of hydrogen-bond acceptors (Lipinski definition) is 2. The molecule has 1 aliphatic heterocycles. The molecule has 0 aliphatic carbocycles. The highest BCUT2D eigenvalue weighted by molar-refractivity contribution is 6.51. The van der Waals surface area contributed by atoms with E-state index < -0.39 is 0 Å². The van der Waals surface area contributed by atoms with Crippen LogP contribution in [0.5, 0.6) is 0 Å². The van der Waals surface area contributed by atoms with Crippen molar-refractivity contribution in [3.63, 3.8) is 0 Å². The van der Waals surface area contributed by atoms with Crippen molar-refractivity contribution in [1.82, 2.24) is 0 Å². The lowest BCUT2D eigenvalue weighted by Gasteiger charge is -2.04. The van der Waals surface area contributed by atoms with Gasteiger partial charge >= 0.3 is 7.12 Å². The first-order valence-electron chi connectivity index (χ1n) is 8.61. The summed E-state index contributed by atoms with van der Waals surface area (Å²) in [6.45, 7) is 8.62. The van der Waals surface area contributed by atoms with Gasteiger partial charge in [0.25, 0.3) is 0 Å². The van der Waals surface area contributed by atoms with Crippen molar-refractivity contribution in [1.29, 1.82) is 0 Å². The van der Waals surface area contributed by atoms with Crippen molar-refractivity contribution in [2.45, 2.75) is 97.7 Å². The van der Waals surface area contributed by atoms with Gasteiger partial charge in [0.2, 0.25) is 0 Å². The fraction of sp³-hybridized carbons (Fsp3) is 0.882. The molecule has 3 heteroatoms. The normalized spacial score (nSPS) is 23.6. The van der Waals surface area contributed by atoms with Crippen LogP contribution in [0.25, 0.3) is 0 Å². The van der Waals surface area contributed by atoms with Crippen LogP contribution >= 0.6 is 0 Å². The van der Waals surface area contributed by atoms with Gasteiger partial charge in [-0.3, -0.25) is 0 Å². The molecule has 0 aromatic carbocycles. The van der Waals surface area contributed by atoms with E-state index in [1.807, 2.05) is 0 Å². The van der Waals surface area contributed by atoms with Gasteiger partial charge in [-0.1, -0.05) is 63.4 Å². The van der Waals surface area contributed by atoms with E-state index in [0.29, 0.717) is 0 Å². The van der Waals surface area contributed by atoms with E-state index in [2.05, 4.69) is 33.7 Å². The topological polar surface area (TPSA) is 18.5 Å². The molecule has 2 atom stereocenters. The summed E-state index contributed by atoms with van der Waals surface area (Å²) < 4.78 is 11.5. The van der Waals surface area contributed by atoms with Gasteiger partial charge in [-0.2, -0.15) is 0 Å². The largest absolute Gasteiger partial charge is 0.486 e. The molecule has 2 nitrogen and oxygen atoms in total. The zero-order valence-electron chi connectivity index (χ0n) is 14.0. The van der Waals surface area contributed by atoms with Gasteiger partial charge in [0.05, 0.1) is 12.2 Å². The highest BCUT2D eigenvalue weighted by Crippen LogP contribution is 2.19. The van der Waals surface area contributed by atoms with E-state index in [0.717, 1.165) is 0 Å². The van der Waals surface area contributed by atoms with Gasteiger partial charge in [0.1, 0.15) is 0 Å². The van der Waals surface area contributed by atoms with Crippen LogP contribution in [-0.2, 0) is 9.31 Å². The lowest BCUT2D eigenvalue weighted by Crippen LogP contribution is -2.13. The van der Waals surface area contributed by atoms with Crippen molar-refractivity contribution in [3.8, 4) is 0 Å². The molecule has 20 heavy (non-hydrogen) atoms. The maximum atomic E-state index is 5.73. The highest BCUT2D eigenvalue weighted by atomic mass is 16.6. The summed E-state index contributed by atoms with van der Waals surface area (Å²) in [4.78, 5) is 0. The van der Waals surface area contributed by atoms with Crippen LogP contribution in [0.15, 0.2) is 11.5 Å². The van der Waals surface area contributed by atoms with Crippen LogP contribution in [0.2, 0.25) is 0 Å². The van der Waals surface area contributed by atoms with Crippen LogP contribution in [0.1, 0.15) is 85.5 Å². The zero-order valence-corrected chi connectivity index (χ0v) is 14.0. The molecule has 1 fully saturated rings. The number of allylic oxidation sites excluding steroid dienone is 1. The summed E-state index contributed by atoms with van der Waals surface area (Å²) in [5.74, 6) is 2.15. The van der Waals surface area contributed by atoms with E-state index in [4.69, 9.17) is 9.31 Å². The maximum absolute atomic E-state index is 5.73. The average molecular weight is 280 g/mol. The maximum Gasteiger partial charge on any atom is 0.486 e. The van der Waals surface area contributed by atoms with Crippen molar-refractivity contribution in [3.05, 3.63) is 11.5 Å². The van der Waals surface area contributed by atoms with Crippen LogP contribution in [-0.4, -0.2) is 19.3 Å². The third kappa shape index (κ3) is 7.49. The first-order chi connectivity index (χ1) is 9.63. The number of hydrogen-bond donors (Lipinski definition) is 0. The molecule has 1 saturated heterocycles. The minimum Gasteiger partial charge on any atom is -0.403 e. The van der Waals surface area contributed by atoms with Crippen LogP contribution in [0, 0.1) is 0 Å². The number of rotatable bonds is 10. The minimum atomic E-state index is -0.117. The van der Waals surface area contributed by atoms with Crippen molar-refractivity contribution >= 4 is 7.12 Å². The molecule has 0 radical (unpaired) electrons. The van der Waals surface area contributed by atoms with Crippen LogP contribution in [0.3, 0.4) is 0 Å². The van der Waals surface area contributed by atoms with Crippen molar-refractivity contribution < 1.29 is 9.31 Å². The molecule has 2 unspecified atom stereocenters. The molecule has 1 heterocycles. The Morgan fingerprint density at radius 3 is 1.95 bits per heavy atom. The minimum absolute atomic E-state index is 0.117. The second kappa shape index (κ2) is 10.5. The SMILES string of the molecule is CCCCCCCCCC/C(C)=C/B1OC(C)C(C)O1. The Hall–Kier alpha value is -0.275. The Balaban J connectivity index is 2.01. The van der Waals surface area contributed by atoms with Crippen molar-refractivity contribution in [2.24, 2.45) is 0 Å². The summed E-state index contributed by atoms with van der Waals surface area (Å²) in [6.07, 6.45) is 12.6. The van der Waals surface area contributed by atoms with Gasteiger partial charge in [0, 0.05) is 0 Å². The summed E-state index contributed by atoms with van der Waals surface area (Å²) in [7, 11) is -0.117. The number of unbranched alkanes of at least 4 members (excludes halogenated alkanes) is 7. The van der Waals surface area contributed by atoms with E-state index in [-0.39, 0.29) is 19.3 Å². The lowest BCUT2D eigenvalue weighted by molar-refractivity contribution is 0.187. The van der Waals surface area contributed by atoms with E-state index in [1.165, 1.54) is 63.4 Å². The monoisotopic (exact) mass is 280 g/mol. The Morgan fingerprint density at radius 1 is 0.900 bits per heavy atom. The van der Waals surface area contributed by atoms with Crippen molar-refractivity contribution in [2.75, 3.05) is 0 Å². The molecule has 0 amide bonds. The standard InChI is InChI=1S/C17H33BO2/c1-5-6-7-8-9-10-11-12-13-15(2)14-18-19-16(3)17(4)20-18/h14,16-17H,5-13H2,1-4H3/b15-14+. The second-order valence-electron chi connectivity index (χ2n) is 6.29. The molecule has 0 saturated carbocycles. The molecule has 1 rings (SSSR count). The summed E-state index contributed by atoms with van der Waals surface area (Å²) in [6, 6.07) is 0. The quantitative estimate of drug-likeness (QED) is 0.398. The van der Waals surface area contributed by atoms with Gasteiger partial charge in [-0.05, 0) is 33.6 Å². The Labute approximate surface area is 126 Å². The van der Waals surface area contributed by atoms with E-state index >= 15 is 0 Å². The third-order valence-electron chi connectivity index (χ3n) is 4.20. The molecule has 0 N–H and O–H groups in total. The van der Waals surface area contributed by atoms with Crippen LogP contribution in [0.4, 0.5) is 0 Å². The zero-order chi connectivity index (χ0) is 14.8. The molecule has 0 bridgehead atoms. The smallest absolute Gasteiger partial charge is 0.403 e. The summed E-state index contributed by atoms with van der Waals surface area (Å²) in [5, 5.41) is 0. The molecule has 0 spiro atoms. The molecule has 0 aromatic rings. The van der Waals surface area contributed by atoms with Gasteiger partial charge in [0.15, 0.2) is 0 Å². The van der Waals surface area contributed by atoms with E-state index in [1.54, 1.807) is 0 Å². The molecular weight excluding hydrogens is 247 g/mol. The third-order valence-corrected chi connectivity index (χ3v) is 4.20.